The van der Waals surface area contributed by atoms with Gasteiger partial charge in [0.2, 0.25) is 0 Å². The number of benzene rings is 2. The predicted octanol–water partition coefficient (Wildman–Crippen LogP) is 3.62. The second-order valence-electron chi connectivity index (χ2n) is 5.64. The Morgan fingerprint density at radius 3 is 2.48 bits per heavy atom. The number of para-hydroxylation sites is 1. The van der Waals surface area contributed by atoms with Crippen molar-refractivity contribution in [2.45, 2.75) is 25.9 Å². The van der Waals surface area contributed by atoms with Crippen LogP contribution in [0.5, 0.6) is 0 Å². The highest BCUT2D eigenvalue weighted by molar-refractivity contribution is 5.78. The molecule has 3 rings (SSSR count). The van der Waals surface area contributed by atoms with E-state index in [4.69, 9.17) is 0 Å². The zero-order chi connectivity index (χ0) is 14.7. The van der Waals surface area contributed by atoms with Crippen molar-refractivity contribution < 1.29 is 0 Å². The molecule has 2 aromatic carbocycles. The standard InChI is InChI=1S/C18H21N3/c1-14(2)19-13-18(15-8-4-3-5-9-15)21-17-11-7-6-10-16(17)12-20-21/h3-12,14,18-19H,13H2,1-2H3. The van der Waals surface area contributed by atoms with Gasteiger partial charge in [0, 0.05) is 18.0 Å². The molecular weight excluding hydrogens is 258 g/mol. The molecule has 1 atom stereocenters. The third-order valence-corrected chi connectivity index (χ3v) is 3.70. The van der Waals surface area contributed by atoms with Gasteiger partial charge in [0.15, 0.2) is 0 Å². The van der Waals surface area contributed by atoms with Gasteiger partial charge in [-0.25, -0.2) is 0 Å². The summed E-state index contributed by atoms with van der Waals surface area (Å²) < 4.78 is 2.13. The number of rotatable bonds is 5. The van der Waals surface area contributed by atoms with Crippen LogP contribution in [-0.2, 0) is 0 Å². The fraction of sp³-hybridized carbons (Fsp3) is 0.278. The lowest BCUT2D eigenvalue weighted by Crippen LogP contribution is -2.31. The summed E-state index contributed by atoms with van der Waals surface area (Å²) in [4.78, 5) is 0. The Hall–Kier alpha value is -2.13. The Bertz CT molecular complexity index is 701. The Morgan fingerprint density at radius 1 is 1.00 bits per heavy atom. The molecule has 0 aliphatic carbocycles. The van der Waals surface area contributed by atoms with Crippen LogP contribution in [0.3, 0.4) is 0 Å². The van der Waals surface area contributed by atoms with E-state index in [9.17, 15) is 0 Å². The highest BCUT2D eigenvalue weighted by Crippen LogP contribution is 2.23. The van der Waals surface area contributed by atoms with Crippen LogP contribution >= 0.6 is 0 Å². The molecule has 108 valence electrons. The average molecular weight is 279 g/mol. The van der Waals surface area contributed by atoms with Crippen LogP contribution in [0.15, 0.2) is 60.8 Å². The minimum Gasteiger partial charge on any atom is -0.312 e. The van der Waals surface area contributed by atoms with Crippen LogP contribution in [0.2, 0.25) is 0 Å². The van der Waals surface area contributed by atoms with Crippen LogP contribution in [0.25, 0.3) is 10.9 Å². The van der Waals surface area contributed by atoms with Crippen LogP contribution in [0, 0.1) is 0 Å². The van der Waals surface area contributed by atoms with Crippen LogP contribution < -0.4 is 5.32 Å². The van der Waals surface area contributed by atoms with Crippen molar-refractivity contribution in [2.75, 3.05) is 6.54 Å². The fourth-order valence-corrected chi connectivity index (χ4v) is 2.61. The predicted molar refractivity (Wildman–Crippen MR) is 87.5 cm³/mol. The molecule has 0 fully saturated rings. The van der Waals surface area contributed by atoms with Gasteiger partial charge in [0.05, 0.1) is 17.8 Å². The lowest BCUT2D eigenvalue weighted by molar-refractivity contribution is 0.465. The number of nitrogens with zero attached hydrogens (tertiary/aromatic N) is 2. The van der Waals surface area contributed by atoms with E-state index >= 15 is 0 Å². The van der Waals surface area contributed by atoms with Crippen molar-refractivity contribution in [3.05, 3.63) is 66.4 Å². The summed E-state index contributed by atoms with van der Waals surface area (Å²) in [5.41, 5.74) is 2.46. The fourth-order valence-electron chi connectivity index (χ4n) is 2.61. The molecule has 0 saturated heterocycles. The third kappa shape index (κ3) is 2.98. The number of hydrogen-bond acceptors (Lipinski definition) is 2. The van der Waals surface area contributed by atoms with Gasteiger partial charge >= 0.3 is 0 Å². The molecule has 1 aromatic heterocycles. The van der Waals surface area contributed by atoms with Gasteiger partial charge in [0.25, 0.3) is 0 Å². The van der Waals surface area contributed by atoms with Gasteiger partial charge in [-0.1, -0.05) is 62.4 Å². The first-order valence-electron chi connectivity index (χ1n) is 7.46. The summed E-state index contributed by atoms with van der Waals surface area (Å²) in [5, 5.41) is 9.35. The molecule has 21 heavy (non-hydrogen) atoms. The molecule has 0 spiro atoms. The molecule has 0 aliphatic rings. The zero-order valence-corrected chi connectivity index (χ0v) is 12.5. The molecule has 0 bridgehead atoms. The van der Waals surface area contributed by atoms with Crippen molar-refractivity contribution in [3.63, 3.8) is 0 Å². The first-order chi connectivity index (χ1) is 10.3. The molecule has 1 N–H and O–H groups in total. The Labute approximate surface area is 125 Å². The summed E-state index contributed by atoms with van der Waals surface area (Å²) in [6.45, 7) is 5.21. The topological polar surface area (TPSA) is 29.9 Å². The number of fused-ring (bicyclic) bond motifs is 1. The largest absolute Gasteiger partial charge is 0.312 e. The van der Waals surface area contributed by atoms with E-state index in [1.807, 2.05) is 6.20 Å². The van der Waals surface area contributed by atoms with Crippen molar-refractivity contribution in [1.29, 1.82) is 0 Å². The van der Waals surface area contributed by atoms with E-state index in [2.05, 4.69) is 83.5 Å². The van der Waals surface area contributed by atoms with Crippen molar-refractivity contribution >= 4 is 10.9 Å². The van der Waals surface area contributed by atoms with E-state index in [0.29, 0.717) is 6.04 Å². The first-order valence-corrected chi connectivity index (χ1v) is 7.46. The zero-order valence-electron chi connectivity index (χ0n) is 12.5. The summed E-state index contributed by atoms with van der Waals surface area (Å²) in [5.74, 6) is 0. The first kappa shape index (κ1) is 13.8. The summed E-state index contributed by atoms with van der Waals surface area (Å²) in [6, 6.07) is 19.6. The van der Waals surface area contributed by atoms with Crippen molar-refractivity contribution in [1.82, 2.24) is 15.1 Å². The smallest absolute Gasteiger partial charge is 0.0900 e. The number of nitrogens with one attached hydrogen (secondary N) is 1. The monoisotopic (exact) mass is 279 g/mol. The molecule has 3 aromatic rings. The van der Waals surface area contributed by atoms with Gasteiger partial charge in [-0.15, -0.1) is 0 Å². The van der Waals surface area contributed by atoms with E-state index in [0.717, 1.165) is 6.54 Å². The lowest BCUT2D eigenvalue weighted by atomic mass is 10.1. The maximum Gasteiger partial charge on any atom is 0.0900 e. The molecule has 0 amide bonds. The van der Waals surface area contributed by atoms with E-state index in [-0.39, 0.29) is 6.04 Å². The lowest BCUT2D eigenvalue weighted by Gasteiger charge is -2.21. The summed E-state index contributed by atoms with van der Waals surface area (Å²) >= 11 is 0. The van der Waals surface area contributed by atoms with Crippen molar-refractivity contribution in [3.8, 4) is 0 Å². The molecule has 3 nitrogen and oxygen atoms in total. The van der Waals surface area contributed by atoms with Gasteiger partial charge in [-0.2, -0.15) is 5.10 Å². The minimum absolute atomic E-state index is 0.202. The average Bonchev–Trinajstić information content (AvgIpc) is 2.93. The molecule has 1 unspecified atom stereocenters. The molecule has 1 heterocycles. The maximum atomic E-state index is 4.63. The third-order valence-electron chi connectivity index (χ3n) is 3.70. The molecule has 3 heteroatoms. The van der Waals surface area contributed by atoms with E-state index in [1.54, 1.807) is 0 Å². The van der Waals surface area contributed by atoms with Crippen molar-refractivity contribution in [2.24, 2.45) is 0 Å². The Balaban J connectivity index is 2.02. The molecule has 0 radical (unpaired) electrons. The summed E-state index contributed by atoms with van der Waals surface area (Å²) in [7, 11) is 0. The highest BCUT2D eigenvalue weighted by atomic mass is 15.3. The van der Waals surface area contributed by atoms with Gasteiger partial charge < -0.3 is 5.32 Å². The van der Waals surface area contributed by atoms with E-state index in [1.165, 1.54) is 16.5 Å². The van der Waals surface area contributed by atoms with Crippen LogP contribution in [0.1, 0.15) is 25.5 Å². The SMILES string of the molecule is CC(C)NCC(c1ccccc1)n1ncc2ccccc21. The van der Waals surface area contributed by atoms with Crippen LogP contribution in [0.4, 0.5) is 0 Å². The molecule has 0 saturated carbocycles. The van der Waals surface area contributed by atoms with Gasteiger partial charge in [-0.05, 0) is 11.6 Å². The maximum absolute atomic E-state index is 4.63. The van der Waals surface area contributed by atoms with Gasteiger partial charge in [0.1, 0.15) is 0 Å². The van der Waals surface area contributed by atoms with E-state index < -0.39 is 0 Å². The van der Waals surface area contributed by atoms with Gasteiger partial charge in [-0.3, -0.25) is 4.68 Å². The number of hydrogen-bond donors (Lipinski definition) is 1. The Morgan fingerprint density at radius 2 is 1.71 bits per heavy atom. The minimum atomic E-state index is 0.202. The molecule has 0 aliphatic heterocycles. The number of aromatic nitrogens is 2. The second kappa shape index (κ2) is 6.10. The summed E-state index contributed by atoms with van der Waals surface area (Å²) in [6.07, 6.45) is 1.95. The highest BCUT2D eigenvalue weighted by Gasteiger charge is 2.16. The normalized spacial score (nSPS) is 12.9. The Kier molecular flexibility index (Phi) is 4.02. The van der Waals surface area contributed by atoms with Crippen LogP contribution in [-0.4, -0.2) is 22.4 Å². The second-order valence-corrected chi connectivity index (χ2v) is 5.64. The quantitative estimate of drug-likeness (QED) is 0.773. The molecular formula is C18H21N3.